The molecule has 0 atom stereocenters. The van der Waals surface area contributed by atoms with Crippen molar-refractivity contribution in [2.24, 2.45) is 5.92 Å². The van der Waals surface area contributed by atoms with E-state index in [2.05, 4.69) is 55.6 Å². The lowest BCUT2D eigenvalue weighted by atomic mass is 9.83. The Morgan fingerprint density at radius 3 is 2.55 bits per heavy atom. The number of piperidine rings is 1. The predicted molar refractivity (Wildman–Crippen MR) is 115 cm³/mol. The lowest BCUT2D eigenvalue weighted by Gasteiger charge is -2.37. The van der Waals surface area contributed by atoms with E-state index in [1.165, 1.54) is 5.56 Å². The second-order valence-corrected chi connectivity index (χ2v) is 9.03. The number of aromatic nitrogens is 2. The van der Waals surface area contributed by atoms with Gasteiger partial charge in [-0.3, -0.25) is 9.48 Å². The van der Waals surface area contributed by atoms with E-state index in [0.717, 1.165) is 31.7 Å². The highest BCUT2D eigenvalue weighted by molar-refractivity contribution is 5.84. The number of rotatable bonds is 8. The maximum absolute atomic E-state index is 13.3. The van der Waals surface area contributed by atoms with Crippen LogP contribution in [0.2, 0.25) is 0 Å². The summed E-state index contributed by atoms with van der Waals surface area (Å²) in [4.78, 5) is 13.3. The number of nitrogens with one attached hydrogen (secondary N) is 2. The second-order valence-electron chi connectivity index (χ2n) is 9.03. The quantitative estimate of drug-likeness (QED) is 0.717. The highest BCUT2D eigenvalue weighted by atomic mass is 16.5. The third-order valence-electron chi connectivity index (χ3n) is 5.71. The van der Waals surface area contributed by atoms with E-state index in [-0.39, 0.29) is 11.3 Å². The van der Waals surface area contributed by atoms with Crippen molar-refractivity contribution >= 4 is 5.91 Å². The first-order valence-corrected chi connectivity index (χ1v) is 10.6. The van der Waals surface area contributed by atoms with Crippen LogP contribution in [0.15, 0.2) is 42.7 Å². The minimum absolute atomic E-state index is 0.0488. The molecule has 0 saturated carbocycles. The molecule has 1 fully saturated rings. The molecule has 1 aromatic carbocycles. The SMILES string of the molecule is CC(C)COc1ccc(C(C)(C)CNC(=O)C2(n3cccn3)CCNCC2)cc1. The summed E-state index contributed by atoms with van der Waals surface area (Å²) in [7, 11) is 0. The highest BCUT2D eigenvalue weighted by Crippen LogP contribution is 2.29. The molecule has 2 N–H and O–H groups in total. The molecular formula is C23H34N4O2. The van der Waals surface area contributed by atoms with Crippen LogP contribution in [0.1, 0.15) is 46.1 Å². The van der Waals surface area contributed by atoms with Crippen molar-refractivity contribution in [2.45, 2.75) is 51.5 Å². The first kappa shape index (κ1) is 21.4. The number of amides is 1. The molecule has 0 unspecified atom stereocenters. The lowest BCUT2D eigenvalue weighted by Crippen LogP contribution is -2.56. The van der Waals surface area contributed by atoms with Gasteiger partial charge < -0.3 is 15.4 Å². The minimum Gasteiger partial charge on any atom is -0.493 e. The van der Waals surface area contributed by atoms with E-state index in [9.17, 15) is 4.79 Å². The zero-order chi connectivity index (χ0) is 20.9. The van der Waals surface area contributed by atoms with Gasteiger partial charge in [-0.25, -0.2) is 0 Å². The van der Waals surface area contributed by atoms with E-state index in [1.54, 1.807) is 6.20 Å². The molecule has 1 aliphatic heterocycles. The van der Waals surface area contributed by atoms with Crippen molar-refractivity contribution < 1.29 is 9.53 Å². The van der Waals surface area contributed by atoms with Crippen LogP contribution in [-0.4, -0.2) is 41.9 Å². The average Bonchev–Trinajstić information content (AvgIpc) is 3.27. The Hall–Kier alpha value is -2.34. The Balaban J connectivity index is 1.66. The summed E-state index contributed by atoms with van der Waals surface area (Å²) in [5, 5.41) is 10.9. The second kappa shape index (κ2) is 8.99. The van der Waals surface area contributed by atoms with Crippen LogP contribution < -0.4 is 15.4 Å². The largest absolute Gasteiger partial charge is 0.493 e. The Labute approximate surface area is 174 Å². The number of ether oxygens (including phenoxy) is 1. The standard InChI is InChI=1S/C23H34N4O2/c1-18(2)16-29-20-8-6-19(7-9-20)22(3,4)17-25-21(28)23(10-13-24-14-11-23)27-15-5-12-26-27/h5-9,12,15,18,24H,10-11,13-14,16-17H2,1-4H3,(H,25,28). The summed E-state index contributed by atoms with van der Waals surface area (Å²) in [5.41, 5.74) is 0.372. The normalized spacial score (nSPS) is 16.6. The Morgan fingerprint density at radius 1 is 1.28 bits per heavy atom. The van der Waals surface area contributed by atoms with Gasteiger partial charge in [0.05, 0.1) is 6.61 Å². The summed E-state index contributed by atoms with van der Waals surface area (Å²) in [6.45, 7) is 11.5. The zero-order valence-corrected chi connectivity index (χ0v) is 18.1. The Bertz CT molecular complexity index is 776. The molecule has 3 rings (SSSR count). The first-order chi connectivity index (χ1) is 13.8. The first-order valence-electron chi connectivity index (χ1n) is 10.6. The molecule has 1 aliphatic rings. The van der Waals surface area contributed by atoms with Crippen LogP contribution in [0, 0.1) is 5.92 Å². The number of nitrogens with zero attached hydrogens (tertiary/aromatic N) is 2. The fourth-order valence-corrected chi connectivity index (χ4v) is 3.76. The molecule has 1 aromatic heterocycles. The van der Waals surface area contributed by atoms with Crippen molar-refractivity contribution in [3.05, 3.63) is 48.3 Å². The molecule has 6 heteroatoms. The molecule has 0 aliphatic carbocycles. The fraction of sp³-hybridized carbons (Fsp3) is 0.565. The van der Waals surface area contributed by atoms with E-state index >= 15 is 0 Å². The monoisotopic (exact) mass is 398 g/mol. The number of hydrogen-bond donors (Lipinski definition) is 2. The molecule has 1 amide bonds. The molecule has 29 heavy (non-hydrogen) atoms. The molecule has 2 aromatic rings. The molecule has 2 heterocycles. The number of carbonyl (C=O) groups excluding carboxylic acids is 1. The summed E-state index contributed by atoms with van der Waals surface area (Å²) in [5.74, 6) is 1.43. The van der Waals surface area contributed by atoms with Gasteiger partial charge in [0.15, 0.2) is 0 Å². The van der Waals surface area contributed by atoms with Crippen LogP contribution in [0.4, 0.5) is 0 Å². The van der Waals surface area contributed by atoms with Gasteiger partial charge in [0.25, 0.3) is 0 Å². The number of benzene rings is 1. The van der Waals surface area contributed by atoms with E-state index < -0.39 is 5.54 Å². The van der Waals surface area contributed by atoms with E-state index in [1.807, 2.05) is 29.1 Å². The van der Waals surface area contributed by atoms with Crippen molar-refractivity contribution in [2.75, 3.05) is 26.2 Å². The third-order valence-corrected chi connectivity index (χ3v) is 5.71. The van der Waals surface area contributed by atoms with E-state index in [0.29, 0.717) is 19.1 Å². The minimum atomic E-state index is -0.612. The Kier molecular flexibility index (Phi) is 6.63. The molecular weight excluding hydrogens is 364 g/mol. The van der Waals surface area contributed by atoms with Crippen LogP contribution >= 0.6 is 0 Å². The fourth-order valence-electron chi connectivity index (χ4n) is 3.76. The van der Waals surface area contributed by atoms with Gasteiger partial charge in [-0.15, -0.1) is 0 Å². The smallest absolute Gasteiger partial charge is 0.248 e. The predicted octanol–water partition coefficient (Wildman–Crippen LogP) is 3.09. The van der Waals surface area contributed by atoms with Gasteiger partial charge in [-0.1, -0.05) is 39.8 Å². The highest BCUT2D eigenvalue weighted by Gasteiger charge is 2.42. The van der Waals surface area contributed by atoms with Gasteiger partial charge in [-0.05, 0) is 55.6 Å². The van der Waals surface area contributed by atoms with Gasteiger partial charge in [0.1, 0.15) is 11.3 Å². The van der Waals surface area contributed by atoms with Crippen LogP contribution in [0.25, 0.3) is 0 Å². The van der Waals surface area contributed by atoms with Gasteiger partial charge in [-0.2, -0.15) is 5.10 Å². The van der Waals surface area contributed by atoms with Gasteiger partial charge >= 0.3 is 0 Å². The molecule has 0 bridgehead atoms. The average molecular weight is 399 g/mol. The molecule has 6 nitrogen and oxygen atoms in total. The Morgan fingerprint density at radius 2 is 1.97 bits per heavy atom. The molecule has 0 spiro atoms. The molecule has 158 valence electrons. The summed E-state index contributed by atoms with van der Waals surface area (Å²) in [6, 6.07) is 10.1. The van der Waals surface area contributed by atoms with Crippen LogP contribution in [-0.2, 0) is 15.7 Å². The van der Waals surface area contributed by atoms with Crippen LogP contribution in [0.5, 0.6) is 5.75 Å². The molecule has 0 radical (unpaired) electrons. The maximum Gasteiger partial charge on any atom is 0.248 e. The van der Waals surface area contributed by atoms with Crippen molar-refractivity contribution in [3.8, 4) is 5.75 Å². The van der Waals surface area contributed by atoms with Crippen molar-refractivity contribution in [1.82, 2.24) is 20.4 Å². The van der Waals surface area contributed by atoms with Crippen LogP contribution in [0.3, 0.4) is 0 Å². The van der Waals surface area contributed by atoms with Crippen molar-refractivity contribution in [1.29, 1.82) is 0 Å². The summed E-state index contributed by atoms with van der Waals surface area (Å²) < 4.78 is 7.61. The summed E-state index contributed by atoms with van der Waals surface area (Å²) >= 11 is 0. The zero-order valence-electron chi connectivity index (χ0n) is 18.1. The number of carbonyl (C=O) groups is 1. The maximum atomic E-state index is 13.3. The van der Waals surface area contributed by atoms with E-state index in [4.69, 9.17) is 4.74 Å². The lowest BCUT2D eigenvalue weighted by molar-refractivity contribution is -0.132. The van der Waals surface area contributed by atoms with Gasteiger partial charge in [0.2, 0.25) is 5.91 Å². The number of hydrogen-bond acceptors (Lipinski definition) is 4. The summed E-state index contributed by atoms with van der Waals surface area (Å²) in [6.07, 6.45) is 5.11. The third kappa shape index (κ3) is 4.99. The van der Waals surface area contributed by atoms with Gasteiger partial charge in [0, 0.05) is 24.4 Å². The topological polar surface area (TPSA) is 68.2 Å². The van der Waals surface area contributed by atoms with Crippen molar-refractivity contribution in [3.63, 3.8) is 0 Å². The molecule has 1 saturated heterocycles.